The Morgan fingerprint density at radius 1 is 1.19 bits per heavy atom. The third kappa shape index (κ3) is 4.23. The van der Waals surface area contributed by atoms with Crippen molar-refractivity contribution in [3.8, 4) is 0 Å². The number of carbonyl (C=O) groups excluding carboxylic acids is 3. The van der Waals surface area contributed by atoms with E-state index in [0.29, 0.717) is 30.1 Å². The van der Waals surface area contributed by atoms with Gasteiger partial charge in [-0.15, -0.1) is 0 Å². The van der Waals surface area contributed by atoms with Crippen molar-refractivity contribution in [3.05, 3.63) is 29.8 Å². The van der Waals surface area contributed by atoms with E-state index < -0.39 is 5.97 Å². The minimum Gasteiger partial charge on any atom is -0.452 e. The lowest BCUT2D eigenvalue weighted by molar-refractivity contribution is -0.125. The fraction of sp³-hybridized carbons (Fsp3) is 0.550. The Kier molecular flexibility index (Phi) is 5.91. The second kappa shape index (κ2) is 8.34. The number of anilines is 1. The van der Waals surface area contributed by atoms with E-state index in [9.17, 15) is 14.4 Å². The van der Waals surface area contributed by atoms with E-state index in [1.54, 1.807) is 29.2 Å². The lowest BCUT2D eigenvalue weighted by atomic mass is 9.86. The quantitative estimate of drug-likeness (QED) is 0.821. The van der Waals surface area contributed by atoms with Crippen LogP contribution in [-0.2, 0) is 14.3 Å². The van der Waals surface area contributed by atoms with Gasteiger partial charge in [0.15, 0.2) is 6.61 Å². The summed E-state index contributed by atoms with van der Waals surface area (Å²) >= 11 is 0. The van der Waals surface area contributed by atoms with Gasteiger partial charge in [-0.05, 0) is 37.3 Å². The van der Waals surface area contributed by atoms with Crippen LogP contribution in [0, 0.1) is 5.92 Å². The average molecular weight is 358 g/mol. The van der Waals surface area contributed by atoms with Crippen LogP contribution in [0.1, 0.15) is 55.8 Å². The lowest BCUT2D eigenvalue weighted by Crippen LogP contribution is -2.42. The number of hydrogen-bond acceptors (Lipinski definition) is 4. The summed E-state index contributed by atoms with van der Waals surface area (Å²) in [7, 11) is 0. The predicted molar refractivity (Wildman–Crippen MR) is 97.9 cm³/mol. The summed E-state index contributed by atoms with van der Waals surface area (Å²) in [6.07, 6.45) is 5.68. The van der Waals surface area contributed by atoms with Crippen LogP contribution in [0.4, 0.5) is 5.69 Å². The molecule has 0 spiro atoms. The van der Waals surface area contributed by atoms with Crippen molar-refractivity contribution in [2.75, 3.05) is 18.1 Å². The zero-order valence-electron chi connectivity index (χ0n) is 15.2. The number of para-hydroxylation sites is 1. The Balaban J connectivity index is 1.58. The van der Waals surface area contributed by atoms with E-state index in [0.717, 1.165) is 25.7 Å². The maximum Gasteiger partial charge on any atom is 0.340 e. The fourth-order valence-electron chi connectivity index (χ4n) is 3.77. The Hall–Kier alpha value is -2.37. The van der Waals surface area contributed by atoms with E-state index in [-0.39, 0.29) is 24.5 Å². The molecule has 2 amide bonds. The van der Waals surface area contributed by atoms with Gasteiger partial charge in [0.05, 0.1) is 11.3 Å². The first-order chi connectivity index (χ1) is 12.6. The number of benzene rings is 1. The highest BCUT2D eigenvalue weighted by molar-refractivity contribution is 6.03. The summed E-state index contributed by atoms with van der Waals surface area (Å²) in [6, 6.07) is 7.04. The molecule has 2 aliphatic rings. The van der Waals surface area contributed by atoms with Crippen LogP contribution in [-0.4, -0.2) is 37.0 Å². The molecule has 1 heterocycles. The normalized spacial score (nSPS) is 23.0. The molecule has 0 aromatic heterocycles. The summed E-state index contributed by atoms with van der Waals surface area (Å²) in [4.78, 5) is 38.2. The second-order valence-corrected chi connectivity index (χ2v) is 7.18. The Bertz CT molecular complexity index is 688. The molecule has 1 aromatic carbocycles. The second-order valence-electron chi connectivity index (χ2n) is 7.18. The Morgan fingerprint density at radius 2 is 1.96 bits per heavy atom. The molecule has 140 valence electrons. The Morgan fingerprint density at radius 3 is 2.69 bits per heavy atom. The molecule has 0 radical (unpaired) electrons. The summed E-state index contributed by atoms with van der Waals surface area (Å²) < 4.78 is 5.21. The smallest absolute Gasteiger partial charge is 0.340 e. The van der Waals surface area contributed by atoms with Crippen LogP contribution in [0.3, 0.4) is 0 Å². The van der Waals surface area contributed by atoms with Crippen molar-refractivity contribution in [1.29, 1.82) is 0 Å². The fourth-order valence-corrected chi connectivity index (χ4v) is 3.77. The van der Waals surface area contributed by atoms with Crippen LogP contribution >= 0.6 is 0 Å². The number of nitrogens with one attached hydrogen (secondary N) is 1. The summed E-state index contributed by atoms with van der Waals surface area (Å²) in [5.74, 6) is -0.390. The molecule has 1 saturated heterocycles. The largest absolute Gasteiger partial charge is 0.452 e. The number of esters is 1. The van der Waals surface area contributed by atoms with Gasteiger partial charge in [-0.2, -0.15) is 0 Å². The number of nitrogens with zero attached hydrogens (tertiary/aromatic N) is 1. The monoisotopic (exact) mass is 358 g/mol. The van der Waals surface area contributed by atoms with Crippen molar-refractivity contribution in [2.24, 2.45) is 5.92 Å². The van der Waals surface area contributed by atoms with E-state index in [1.165, 1.54) is 6.42 Å². The van der Waals surface area contributed by atoms with Crippen LogP contribution < -0.4 is 10.2 Å². The zero-order valence-corrected chi connectivity index (χ0v) is 15.2. The van der Waals surface area contributed by atoms with Gasteiger partial charge in [0.1, 0.15) is 0 Å². The molecule has 1 aromatic rings. The number of rotatable bonds is 5. The third-order valence-electron chi connectivity index (χ3n) is 5.28. The molecule has 1 aliphatic carbocycles. The van der Waals surface area contributed by atoms with Gasteiger partial charge in [-0.25, -0.2) is 4.79 Å². The van der Waals surface area contributed by atoms with E-state index in [4.69, 9.17) is 4.74 Å². The molecule has 2 atom stereocenters. The van der Waals surface area contributed by atoms with Crippen molar-refractivity contribution in [3.63, 3.8) is 0 Å². The summed E-state index contributed by atoms with van der Waals surface area (Å²) in [5, 5.41) is 2.97. The van der Waals surface area contributed by atoms with Crippen LogP contribution in [0.5, 0.6) is 0 Å². The van der Waals surface area contributed by atoms with Gasteiger partial charge in [0.2, 0.25) is 5.91 Å². The van der Waals surface area contributed by atoms with Gasteiger partial charge in [-0.1, -0.05) is 31.9 Å². The molecule has 6 heteroatoms. The number of amides is 2. The molecule has 26 heavy (non-hydrogen) atoms. The van der Waals surface area contributed by atoms with Gasteiger partial charge >= 0.3 is 5.97 Å². The maximum atomic E-state index is 12.4. The topological polar surface area (TPSA) is 75.7 Å². The molecule has 1 N–H and O–H groups in total. The molecule has 1 saturated carbocycles. The van der Waals surface area contributed by atoms with Gasteiger partial charge < -0.3 is 15.0 Å². The first kappa shape index (κ1) is 18.4. The molecule has 3 rings (SSSR count). The molecular formula is C20H26N2O4. The first-order valence-corrected chi connectivity index (χ1v) is 9.42. The van der Waals surface area contributed by atoms with Crippen molar-refractivity contribution < 1.29 is 19.1 Å². The Labute approximate surface area is 153 Å². The molecule has 0 bridgehead atoms. The van der Waals surface area contributed by atoms with Gasteiger partial charge in [-0.3, -0.25) is 9.59 Å². The number of hydrogen-bond donors (Lipinski definition) is 1. The van der Waals surface area contributed by atoms with E-state index in [2.05, 4.69) is 12.2 Å². The lowest BCUT2D eigenvalue weighted by Gasteiger charge is -2.29. The average Bonchev–Trinajstić information content (AvgIpc) is 3.07. The van der Waals surface area contributed by atoms with Gasteiger partial charge in [0.25, 0.3) is 5.91 Å². The van der Waals surface area contributed by atoms with Crippen LogP contribution in [0.25, 0.3) is 0 Å². The van der Waals surface area contributed by atoms with Crippen molar-refractivity contribution in [2.45, 2.75) is 51.5 Å². The van der Waals surface area contributed by atoms with Crippen LogP contribution in [0.15, 0.2) is 24.3 Å². The summed E-state index contributed by atoms with van der Waals surface area (Å²) in [5.41, 5.74) is 0.878. The zero-order chi connectivity index (χ0) is 18.5. The first-order valence-electron chi connectivity index (χ1n) is 9.42. The SMILES string of the molecule is C[C@@H]1CCCC[C@@H]1NC(=O)COC(=O)c1ccccc1N1CCCC1=O. The highest BCUT2D eigenvalue weighted by Crippen LogP contribution is 2.26. The highest BCUT2D eigenvalue weighted by atomic mass is 16.5. The summed E-state index contributed by atoms with van der Waals surface area (Å²) in [6.45, 7) is 2.44. The third-order valence-corrected chi connectivity index (χ3v) is 5.28. The van der Waals surface area contributed by atoms with Crippen LogP contribution in [0.2, 0.25) is 0 Å². The molecule has 1 aliphatic heterocycles. The highest BCUT2D eigenvalue weighted by Gasteiger charge is 2.27. The molecule has 2 fully saturated rings. The predicted octanol–water partition coefficient (Wildman–Crippen LogP) is 2.67. The van der Waals surface area contributed by atoms with Crippen molar-refractivity contribution >= 4 is 23.5 Å². The molecule has 0 unspecified atom stereocenters. The molecule has 6 nitrogen and oxygen atoms in total. The minimum absolute atomic E-state index is 0.00859. The standard InChI is InChI=1S/C20H26N2O4/c1-14-7-2-4-9-16(14)21-18(23)13-26-20(25)15-8-3-5-10-17(15)22-12-6-11-19(22)24/h3,5,8,10,14,16H,2,4,6-7,9,11-13H2,1H3,(H,21,23)/t14-,16+/m1/s1. The van der Waals surface area contributed by atoms with Crippen molar-refractivity contribution in [1.82, 2.24) is 5.32 Å². The van der Waals surface area contributed by atoms with Gasteiger partial charge in [0, 0.05) is 19.0 Å². The van der Waals surface area contributed by atoms with E-state index in [1.807, 2.05) is 0 Å². The minimum atomic E-state index is -0.577. The molecular weight excluding hydrogens is 332 g/mol. The number of ether oxygens (including phenoxy) is 1. The van der Waals surface area contributed by atoms with E-state index >= 15 is 0 Å². The number of carbonyl (C=O) groups is 3. The maximum absolute atomic E-state index is 12.4.